The van der Waals surface area contributed by atoms with Gasteiger partial charge in [0.25, 0.3) is 0 Å². The van der Waals surface area contributed by atoms with E-state index in [9.17, 15) is 4.79 Å². The molecule has 0 saturated heterocycles. The topological polar surface area (TPSA) is 72.7 Å². The van der Waals surface area contributed by atoms with E-state index < -0.39 is 0 Å². The molecule has 0 unspecified atom stereocenters. The van der Waals surface area contributed by atoms with Crippen molar-refractivity contribution in [2.24, 2.45) is 11.8 Å². The van der Waals surface area contributed by atoms with Crippen LogP contribution in [0.3, 0.4) is 0 Å². The van der Waals surface area contributed by atoms with Gasteiger partial charge in [0.1, 0.15) is 0 Å². The number of aromatic nitrogens is 4. The van der Waals surface area contributed by atoms with Crippen LogP contribution < -0.4 is 5.32 Å². The predicted molar refractivity (Wildman–Crippen MR) is 87.3 cm³/mol. The Morgan fingerprint density at radius 3 is 2.57 bits per heavy atom. The first-order valence-corrected chi connectivity index (χ1v) is 9.06. The van der Waals surface area contributed by atoms with Gasteiger partial charge in [0.2, 0.25) is 11.1 Å². The Hall–Kier alpha value is -1.89. The van der Waals surface area contributed by atoms with Gasteiger partial charge >= 0.3 is 0 Å². The summed E-state index contributed by atoms with van der Waals surface area (Å²) in [6.45, 7) is 0. The average Bonchev–Trinajstić information content (AvgIpc) is 3.50. The quantitative estimate of drug-likeness (QED) is 0.787. The Morgan fingerprint density at radius 1 is 1.22 bits per heavy atom. The molecule has 120 valence electrons. The lowest BCUT2D eigenvalue weighted by atomic mass is 10.1. The minimum atomic E-state index is 0.0846. The molecule has 1 aromatic heterocycles. The molecule has 1 N–H and O–H groups in total. The number of hydrogen-bond acceptors (Lipinski definition) is 5. The third-order valence-electron chi connectivity index (χ3n) is 4.36. The summed E-state index contributed by atoms with van der Waals surface area (Å²) in [5.74, 6) is 1.86. The molecule has 2 fully saturated rings. The van der Waals surface area contributed by atoms with Gasteiger partial charge in [-0.15, -0.1) is 5.10 Å². The number of rotatable bonds is 7. The molecule has 0 atom stereocenters. The zero-order chi connectivity index (χ0) is 15.6. The van der Waals surface area contributed by atoms with E-state index in [-0.39, 0.29) is 5.91 Å². The van der Waals surface area contributed by atoms with Crippen molar-refractivity contribution in [1.29, 1.82) is 0 Å². The molecule has 4 rings (SSSR count). The Labute approximate surface area is 139 Å². The molecule has 0 bridgehead atoms. The Balaban J connectivity index is 1.36. The van der Waals surface area contributed by atoms with Gasteiger partial charge in [0.05, 0.1) is 11.4 Å². The van der Waals surface area contributed by atoms with Crippen molar-refractivity contribution >= 4 is 17.7 Å². The Morgan fingerprint density at radius 2 is 1.91 bits per heavy atom. The molecule has 2 aliphatic rings. The zero-order valence-corrected chi connectivity index (χ0v) is 13.6. The van der Waals surface area contributed by atoms with Crippen LogP contribution in [0.2, 0.25) is 0 Å². The standard InChI is InChI=1S/C16H19N5OS/c22-14(17-15(11-6-7-11)12-8-9-12)10-23-16-18-19-20-21(16)13-4-2-1-3-5-13/h1-5,11-12,15H,6-10H2,(H,17,22). The number of tetrazole rings is 1. The molecule has 1 aromatic carbocycles. The van der Waals surface area contributed by atoms with Crippen molar-refractivity contribution in [3.63, 3.8) is 0 Å². The summed E-state index contributed by atoms with van der Waals surface area (Å²) in [4.78, 5) is 12.3. The highest BCUT2D eigenvalue weighted by Crippen LogP contribution is 2.44. The number of nitrogens with one attached hydrogen (secondary N) is 1. The molecule has 1 amide bonds. The van der Waals surface area contributed by atoms with Gasteiger partial charge in [-0.05, 0) is 60.1 Å². The first kappa shape index (κ1) is 14.7. The summed E-state index contributed by atoms with van der Waals surface area (Å²) < 4.78 is 1.66. The van der Waals surface area contributed by atoms with E-state index in [4.69, 9.17) is 0 Å². The van der Waals surface area contributed by atoms with Crippen LogP contribution in [0.1, 0.15) is 25.7 Å². The smallest absolute Gasteiger partial charge is 0.230 e. The third kappa shape index (κ3) is 3.55. The maximum absolute atomic E-state index is 12.3. The van der Waals surface area contributed by atoms with Crippen molar-refractivity contribution in [2.75, 3.05) is 5.75 Å². The second kappa shape index (κ2) is 6.31. The average molecular weight is 329 g/mol. The minimum Gasteiger partial charge on any atom is -0.352 e. The van der Waals surface area contributed by atoms with Crippen LogP contribution in [0.5, 0.6) is 0 Å². The maximum Gasteiger partial charge on any atom is 0.230 e. The normalized spacial score (nSPS) is 17.4. The third-order valence-corrected chi connectivity index (χ3v) is 5.28. The van der Waals surface area contributed by atoms with E-state index in [0.29, 0.717) is 28.8 Å². The van der Waals surface area contributed by atoms with E-state index in [2.05, 4.69) is 20.8 Å². The SMILES string of the molecule is O=C(CSc1nnnn1-c1ccccc1)NC(C1CC1)C1CC1. The number of carbonyl (C=O) groups excluding carboxylic acids is 1. The number of nitrogens with zero attached hydrogens (tertiary/aromatic N) is 4. The van der Waals surface area contributed by atoms with E-state index in [1.807, 2.05) is 30.3 Å². The molecule has 0 spiro atoms. The first-order valence-electron chi connectivity index (χ1n) is 8.07. The Bertz CT molecular complexity index is 669. The molecule has 23 heavy (non-hydrogen) atoms. The molecule has 7 heteroatoms. The molecular formula is C16H19N5OS. The van der Waals surface area contributed by atoms with Gasteiger partial charge in [0, 0.05) is 6.04 Å². The summed E-state index contributed by atoms with van der Waals surface area (Å²) in [6.07, 6.45) is 5.06. The fourth-order valence-electron chi connectivity index (χ4n) is 2.89. The van der Waals surface area contributed by atoms with E-state index in [1.165, 1.54) is 37.4 Å². The largest absolute Gasteiger partial charge is 0.352 e. The van der Waals surface area contributed by atoms with Gasteiger partial charge in [-0.2, -0.15) is 4.68 Å². The van der Waals surface area contributed by atoms with Crippen LogP contribution in [-0.4, -0.2) is 37.9 Å². The summed E-state index contributed by atoms with van der Waals surface area (Å²) >= 11 is 1.38. The van der Waals surface area contributed by atoms with E-state index >= 15 is 0 Å². The zero-order valence-electron chi connectivity index (χ0n) is 12.8. The van der Waals surface area contributed by atoms with Crippen molar-refractivity contribution in [2.45, 2.75) is 36.9 Å². The number of amides is 1. The lowest BCUT2D eigenvalue weighted by Crippen LogP contribution is -2.39. The highest BCUT2D eigenvalue weighted by atomic mass is 32.2. The van der Waals surface area contributed by atoms with Gasteiger partial charge in [-0.1, -0.05) is 30.0 Å². The van der Waals surface area contributed by atoms with Crippen LogP contribution in [0, 0.1) is 11.8 Å². The second-order valence-corrected chi connectivity index (χ2v) is 7.21. The number of benzene rings is 1. The highest BCUT2D eigenvalue weighted by Gasteiger charge is 2.42. The number of carbonyl (C=O) groups is 1. The van der Waals surface area contributed by atoms with Gasteiger partial charge in [-0.25, -0.2) is 0 Å². The predicted octanol–water partition coefficient (Wildman–Crippen LogP) is 2.06. The number of para-hydroxylation sites is 1. The fraction of sp³-hybridized carbons (Fsp3) is 0.500. The van der Waals surface area contributed by atoms with Crippen LogP contribution in [-0.2, 0) is 4.79 Å². The highest BCUT2D eigenvalue weighted by molar-refractivity contribution is 7.99. The monoisotopic (exact) mass is 329 g/mol. The molecule has 2 aromatic rings. The number of hydrogen-bond donors (Lipinski definition) is 1. The van der Waals surface area contributed by atoms with Gasteiger partial charge in [-0.3, -0.25) is 4.79 Å². The van der Waals surface area contributed by atoms with Crippen molar-refractivity contribution in [1.82, 2.24) is 25.5 Å². The van der Waals surface area contributed by atoms with Crippen LogP contribution in [0.15, 0.2) is 35.5 Å². The van der Waals surface area contributed by atoms with Gasteiger partial charge in [0.15, 0.2) is 0 Å². The summed E-state index contributed by atoms with van der Waals surface area (Å²) in [5, 5.41) is 15.6. The molecule has 1 heterocycles. The maximum atomic E-state index is 12.3. The van der Waals surface area contributed by atoms with Crippen molar-refractivity contribution in [3.8, 4) is 5.69 Å². The van der Waals surface area contributed by atoms with Crippen molar-refractivity contribution < 1.29 is 4.79 Å². The minimum absolute atomic E-state index is 0.0846. The lowest BCUT2D eigenvalue weighted by molar-refractivity contribution is -0.119. The Kier molecular flexibility index (Phi) is 4.03. The van der Waals surface area contributed by atoms with E-state index in [1.54, 1.807) is 4.68 Å². The van der Waals surface area contributed by atoms with Gasteiger partial charge < -0.3 is 5.32 Å². The molecule has 0 radical (unpaired) electrons. The molecule has 0 aliphatic heterocycles. The van der Waals surface area contributed by atoms with Crippen LogP contribution >= 0.6 is 11.8 Å². The number of thioether (sulfide) groups is 1. The fourth-order valence-corrected chi connectivity index (χ4v) is 3.59. The molecule has 6 nitrogen and oxygen atoms in total. The summed E-state index contributed by atoms with van der Waals surface area (Å²) in [6, 6.07) is 10.1. The molecular weight excluding hydrogens is 310 g/mol. The van der Waals surface area contributed by atoms with Crippen LogP contribution in [0.4, 0.5) is 0 Å². The van der Waals surface area contributed by atoms with Crippen LogP contribution in [0.25, 0.3) is 5.69 Å². The molecule has 2 aliphatic carbocycles. The summed E-state index contributed by atoms with van der Waals surface area (Å²) in [7, 11) is 0. The lowest BCUT2D eigenvalue weighted by Gasteiger charge is -2.17. The first-order chi connectivity index (χ1) is 11.3. The van der Waals surface area contributed by atoms with E-state index in [0.717, 1.165) is 5.69 Å². The van der Waals surface area contributed by atoms with Crippen molar-refractivity contribution in [3.05, 3.63) is 30.3 Å². The summed E-state index contributed by atoms with van der Waals surface area (Å²) in [5.41, 5.74) is 0.897. The molecule has 2 saturated carbocycles. The second-order valence-electron chi connectivity index (χ2n) is 6.27.